The highest BCUT2D eigenvalue weighted by molar-refractivity contribution is 7.19. The van der Waals surface area contributed by atoms with Crippen LogP contribution in [0, 0.1) is 6.92 Å². The summed E-state index contributed by atoms with van der Waals surface area (Å²) in [4.78, 5) is 0. The van der Waals surface area contributed by atoms with E-state index in [4.69, 9.17) is 0 Å². The summed E-state index contributed by atoms with van der Waals surface area (Å²) in [6.45, 7) is 5.62. The van der Waals surface area contributed by atoms with Crippen LogP contribution in [-0.4, -0.2) is 6.15 Å². The molecule has 0 aliphatic heterocycles. The van der Waals surface area contributed by atoms with Crippen LogP contribution in [0.15, 0.2) is 146 Å². The van der Waals surface area contributed by atoms with Crippen LogP contribution >= 0.6 is 0 Å². The maximum Gasteiger partial charge on any atom is 0.169 e. The Bertz CT molecular complexity index is 1320. The molecule has 0 saturated heterocycles. The van der Waals surface area contributed by atoms with Crippen molar-refractivity contribution in [3.8, 4) is 0 Å². The molecular weight excluding hydrogens is 577 g/mol. The third kappa shape index (κ3) is 11.7. The summed E-state index contributed by atoms with van der Waals surface area (Å²) < 4.78 is 2.31. The average Bonchev–Trinajstić information content (AvgIpc) is 3.15. The number of aromatic nitrogens is 1. The summed E-state index contributed by atoms with van der Waals surface area (Å²) in [5.74, 6) is 0. The van der Waals surface area contributed by atoms with Crippen LogP contribution in [0.5, 0.6) is 0 Å². The number of unbranched alkanes of at least 4 members (excludes halogenated alkanes) is 13. The molecule has 1 aromatic heterocycles. The summed E-state index contributed by atoms with van der Waals surface area (Å²) in [5, 5.41) is 0. The molecule has 5 aromatic rings. The van der Waals surface area contributed by atoms with Crippen LogP contribution in [0.4, 0.5) is 0 Å². The molecule has 4 aromatic carbocycles. The van der Waals surface area contributed by atoms with Crippen molar-refractivity contribution >= 4 is 28.0 Å². The van der Waals surface area contributed by atoms with Gasteiger partial charge in [-0.3, -0.25) is 0 Å². The Morgan fingerprint density at radius 3 is 0.979 bits per heavy atom. The molecular formula is C46H60BN. The fourth-order valence-electron chi connectivity index (χ4n) is 7.29. The predicted octanol–water partition coefficient (Wildman–Crippen LogP) is 9.83. The van der Waals surface area contributed by atoms with Gasteiger partial charge >= 0.3 is 0 Å². The van der Waals surface area contributed by atoms with Gasteiger partial charge in [-0.05, 0) is 18.9 Å². The Hall–Kier alpha value is -3.91. The molecule has 2 heteroatoms. The van der Waals surface area contributed by atoms with E-state index in [0.717, 1.165) is 0 Å². The Kier molecular flexibility index (Phi) is 16.8. The number of rotatable bonds is 19. The quantitative estimate of drug-likeness (QED) is 0.0482. The van der Waals surface area contributed by atoms with Gasteiger partial charge in [-0.1, -0.05) is 205 Å². The minimum absolute atomic E-state index is 1.18. The van der Waals surface area contributed by atoms with Crippen molar-refractivity contribution in [1.29, 1.82) is 0 Å². The van der Waals surface area contributed by atoms with Crippen LogP contribution in [0.2, 0.25) is 0 Å². The zero-order chi connectivity index (χ0) is 33.5. The Labute approximate surface area is 293 Å². The van der Waals surface area contributed by atoms with Crippen LogP contribution in [0.3, 0.4) is 0 Å². The van der Waals surface area contributed by atoms with Crippen molar-refractivity contribution in [3.05, 3.63) is 151 Å². The van der Waals surface area contributed by atoms with E-state index in [0.29, 0.717) is 0 Å². The lowest BCUT2D eigenvalue weighted by Gasteiger charge is -2.44. The molecule has 0 unspecified atom stereocenters. The minimum atomic E-state index is -1.22. The van der Waals surface area contributed by atoms with Crippen molar-refractivity contribution in [3.63, 3.8) is 0 Å². The van der Waals surface area contributed by atoms with E-state index in [9.17, 15) is 0 Å². The van der Waals surface area contributed by atoms with Gasteiger partial charge in [-0.25, -0.2) is 4.57 Å². The lowest BCUT2D eigenvalue weighted by Crippen LogP contribution is -2.74. The highest BCUT2D eigenvalue weighted by Crippen LogP contribution is 2.13. The van der Waals surface area contributed by atoms with Gasteiger partial charge in [0.15, 0.2) is 12.4 Å². The van der Waals surface area contributed by atoms with E-state index in [1.165, 1.54) is 124 Å². The zero-order valence-corrected chi connectivity index (χ0v) is 30.0. The van der Waals surface area contributed by atoms with E-state index in [2.05, 4.69) is 164 Å². The van der Waals surface area contributed by atoms with Crippen LogP contribution in [-0.2, 0) is 6.54 Å². The van der Waals surface area contributed by atoms with Gasteiger partial charge in [0, 0.05) is 18.6 Å². The highest BCUT2D eigenvalue weighted by Gasteiger charge is 2.31. The molecule has 252 valence electrons. The Morgan fingerprint density at radius 2 is 0.667 bits per heavy atom. The number of hydrogen-bond donors (Lipinski definition) is 0. The van der Waals surface area contributed by atoms with Gasteiger partial charge in [0.2, 0.25) is 0 Å². The third-order valence-corrected chi connectivity index (χ3v) is 10.0. The molecule has 0 aliphatic carbocycles. The van der Waals surface area contributed by atoms with Gasteiger partial charge in [0.05, 0.1) is 0 Å². The van der Waals surface area contributed by atoms with Crippen molar-refractivity contribution in [2.75, 3.05) is 0 Å². The molecule has 0 saturated carbocycles. The molecule has 0 radical (unpaired) electrons. The normalized spacial score (nSPS) is 11.1. The largest absolute Gasteiger partial charge is 0.205 e. The molecule has 0 amide bonds. The molecule has 0 N–H and O–H groups in total. The van der Waals surface area contributed by atoms with Crippen LogP contribution in [0.25, 0.3) is 0 Å². The topological polar surface area (TPSA) is 3.88 Å². The number of benzene rings is 4. The van der Waals surface area contributed by atoms with Crippen LogP contribution < -0.4 is 26.4 Å². The van der Waals surface area contributed by atoms with Crippen LogP contribution in [0.1, 0.15) is 102 Å². The zero-order valence-electron chi connectivity index (χ0n) is 30.0. The molecule has 0 fully saturated rings. The van der Waals surface area contributed by atoms with E-state index in [1.54, 1.807) is 0 Å². The predicted molar refractivity (Wildman–Crippen MR) is 212 cm³/mol. The first-order chi connectivity index (χ1) is 23.7. The maximum atomic E-state index is 2.31. The Balaban J connectivity index is 0.000000218. The second-order valence-corrected chi connectivity index (χ2v) is 13.7. The first-order valence-corrected chi connectivity index (χ1v) is 19.1. The second kappa shape index (κ2) is 21.9. The number of hydrogen-bond acceptors (Lipinski definition) is 0. The fraction of sp³-hybridized carbons (Fsp3) is 0.370. The van der Waals surface area contributed by atoms with Gasteiger partial charge < -0.3 is 0 Å². The average molecular weight is 638 g/mol. The fourth-order valence-corrected chi connectivity index (χ4v) is 7.29. The molecule has 48 heavy (non-hydrogen) atoms. The summed E-state index contributed by atoms with van der Waals surface area (Å²) >= 11 is 0. The molecule has 0 aliphatic rings. The molecule has 0 bridgehead atoms. The van der Waals surface area contributed by atoms with Crippen molar-refractivity contribution in [1.82, 2.24) is 0 Å². The summed E-state index contributed by atoms with van der Waals surface area (Å²) in [5.41, 5.74) is 6.71. The third-order valence-electron chi connectivity index (χ3n) is 10.0. The second-order valence-electron chi connectivity index (χ2n) is 13.7. The molecule has 0 atom stereocenters. The van der Waals surface area contributed by atoms with E-state index in [-0.39, 0.29) is 0 Å². The summed E-state index contributed by atoms with van der Waals surface area (Å²) in [7, 11) is 0. The lowest BCUT2D eigenvalue weighted by atomic mass is 9.13. The van der Waals surface area contributed by atoms with Gasteiger partial charge in [-0.2, -0.15) is 21.9 Å². The minimum Gasteiger partial charge on any atom is -0.205 e. The van der Waals surface area contributed by atoms with Crippen molar-refractivity contribution in [2.45, 2.75) is 110 Å². The van der Waals surface area contributed by atoms with Crippen molar-refractivity contribution in [2.24, 2.45) is 0 Å². The SMILES string of the molecule is CCCCCCCCCCCCCCCC[n+]1ccc(C)cc1.c1ccc([B-](c2ccccc2)(c2ccccc2)c2ccccc2)cc1. The van der Waals surface area contributed by atoms with E-state index in [1.807, 2.05) is 0 Å². The Morgan fingerprint density at radius 1 is 0.375 bits per heavy atom. The molecule has 0 spiro atoms. The first-order valence-electron chi connectivity index (χ1n) is 19.1. The molecule has 5 rings (SSSR count). The van der Waals surface area contributed by atoms with E-state index >= 15 is 0 Å². The van der Waals surface area contributed by atoms with Crippen molar-refractivity contribution < 1.29 is 4.57 Å². The molecule has 1 nitrogen and oxygen atoms in total. The number of nitrogens with zero attached hydrogens (tertiary/aromatic N) is 1. The first kappa shape index (κ1) is 36.9. The standard InChI is InChI=1S/C24H20B.C22H40N/c1-5-13-21(14-6-1)25(22-15-7-2-8-16-22,23-17-9-3-10-18-23)24-19-11-4-12-20-24;1-3-4-5-6-7-8-9-10-11-12-13-14-15-16-19-23-20-17-22(2)18-21-23/h1-20H;17-18,20-21H,3-16,19H2,1-2H3/q-1;+1. The highest BCUT2D eigenvalue weighted by atomic mass is 14.9. The van der Waals surface area contributed by atoms with Gasteiger partial charge in [-0.15, -0.1) is 0 Å². The monoisotopic (exact) mass is 637 g/mol. The van der Waals surface area contributed by atoms with Gasteiger partial charge in [0.1, 0.15) is 12.7 Å². The summed E-state index contributed by atoms with van der Waals surface area (Å²) in [6.07, 6.45) is 23.3. The number of aryl methyl sites for hydroxylation is 2. The smallest absolute Gasteiger partial charge is 0.169 e. The van der Waals surface area contributed by atoms with Gasteiger partial charge in [0.25, 0.3) is 0 Å². The number of pyridine rings is 1. The summed E-state index contributed by atoms with van der Waals surface area (Å²) in [6, 6.07) is 47.9. The molecule has 1 heterocycles. The maximum absolute atomic E-state index is 2.31. The van der Waals surface area contributed by atoms with E-state index < -0.39 is 6.15 Å². The lowest BCUT2D eigenvalue weighted by molar-refractivity contribution is -0.697.